The monoisotopic (exact) mass is 251 g/mol. The summed E-state index contributed by atoms with van der Waals surface area (Å²) in [6.07, 6.45) is 3.22. The Morgan fingerprint density at radius 3 is 2.78 bits per heavy atom. The summed E-state index contributed by atoms with van der Waals surface area (Å²) in [5, 5.41) is 8.85. The average molecular weight is 251 g/mol. The van der Waals surface area contributed by atoms with E-state index in [0.29, 0.717) is 18.9 Å². The molecule has 0 radical (unpaired) electrons. The van der Waals surface area contributed by atoms with E-state index >= 15 is 0 Å². The van der Waals surface area contributed by atoms with Crippen LogP contribution in [0, 0.1) is 6.92 Å². The SMILES string of the molecule is CCCNc1ncc(C)c(NCCC(=O)NC)n1. The highest BCUT2D eigenvalue weighted by molar-refractivity contribution is 5.76. The lowest BCUT2D eigenvalue weighted by molar-refractivity contribution is -0.120. The van der Waals surface area contributed by atoms with Gasteiger partial charge in [0.25, 0.3) is 0 Å². The predicted octanol–water partition coefficient (Wildman–Crippen LogP) is 1.15. The summed E-state index contributed by atoms with van der Waals surface area (Å²) >= 11 is 0. The largest absolute Gasteiger partial charge is 0.369 e. The zero-order chi connectivity index (χ0) is 13.4. The van der Waals surface area contributed by atoms with Crippen LogP contribution in [0.2, 0.25) is 0 Å². The van der Waals surface area contributed by atoms with Crippen LogP contribution >= 0.6 is 0 Å². The van der Waals surface area contributed by atoms with E-state index in [9.17, 15) is 4.79 Å². The number of aromatic nitrogens is 2. The number of nitrogens with zero attached hydrogens (tertiary/aromatic N) is 2. The molecule has 18 heavy (non-hydrogen) atoms. The first-order valence-corrected chi connectivity index (χ1v) is 6.19. The molecule has 1 amide bonds. The third-order valence-electron chi connectivity index (χ3n) is 2.43. The Kier molecular flexibility index (Phi) is 5.90. The van der Waals surface area contributed by atoms with E-state index in [1.807, 2.05) is 6.92 Å². The van der Waals surface area contributed by atoms with Gasteiger partial charge in [-0.3, -0.25) is 4.79 Å². The lowest BCUT2D eigenvalue weighted by Crippen LogP contribution is -2.21. The molecule has 1 rings (SSSR count). The Labute approximate surface area is 108 Å². The molecule has 6 heteroatoms. The van der Waals surface area contributed by atoms with Crippen LogP contribution in [0.5, 0.6) is 0 Å². The molecule has 0 saturated carbocycles. The zero-order valence-electron chi connectivity index (χ0n) is 11.2. The van der Waals surface area contributed by atoms with Crippen LogP contribution in [0.1, 0.15) is 25.3 Å². The van der Waals surface area contributed by atoms with Gasteiger partial charge in [-0.1, -0.05) is 6.92 Å². The fourth-order valence-electron chi connectivity index (χ4n) is 1.36. The lowest BCUT2D eigenvalue weighted by Gasteiger charge is -2.10. The molecule has 0 aromatic carbocycles. The Bertz CT molecular complexity index is 394. The molecular weight excluding hydrogens is 230 g/mol. The quantitative estimate of drug-likeness (QED) is 0.677. The number of aryl methyl sites for hydroxylation is 1. The summed E-state index contributed by atoms with van der Waals surface area (Å²) in [7, 11) is 1.63. The zero-order valence-corrected chi connectivity index (χ0v) is 11.2. The van der Waals surface area contributed by atoms with E-state index in [1.165, 1.54) is 0 Å². The number of rotatable bonds is 7. The van der Waals surface area contributed by atoms with Crippen LogP contribution in [-0.4, -0.2) is 36.0 Å². The van der Waals surface area contributed by atoms with Crippen molar-refractivity contribution < 1.29 is 4.79 Å². The lowest BCUT2D eigenvalue weighted by atomic mass is 10.3. The fourth-order valence-corrected chi connectivity index (χ4v) is 1.36. The summed E-state index contributed by atoms with van der Waals surface area (Å²) in [5.41, 5.74) is 0.967. The van der Waals surface area contributed by atoms with Gasteiger partial charge in [0.15, 0.2) is 0 Å². The second-order valence-electron chi connectivity index (χ2n) is 4.00. The van der Waals surface area contributed by atoms with E-state index in [-0.39, 0.29) is 5.91 Å². The van der Waals surface area contributed by atoms with Gasteiger partial charge in [0.1, 0.15) is 5.82 Å². The van der Waals surface area contributed by atoms with Crippen LogP contribution in [0.15, 0.2) is 6.20 Å². The summed E-state index contributed by atoms with van der Waals surface area (Å²) in [4.78, 5) is 19.7. The van der Waals surface area contributed by atoms with Gasteiger partial charge in [-0.05, 0) is 13.3 Å². The fraction of sp³-hybridized carbons (Fsp3) is 0.583. The Morgan fingerprint density at radius 1 is 1.33 bits per heavy atom. The maximum Gasteiger partial charge on any atom is 0.224 e. The maximum absolute atomic E-state index is 11.1. The maximum atomic E-state index is 11.1. The molecule has 100 valence electrons. The molecule has 0 aliphatic heterocycles. The van der Waals surface area contributed by atoms with Crippen molar-refractivity contribution in [1.82, 2.24) is 15.3 Å². The van der Waals surface area contributed by atoms with Crippen molar-refractivity contribution >= 4 is 17.7 Å². The standard InChI is InChI=1S/C12H21N5O/c1-4-6-15-12-16-8-9(2)11(17-12)14-7-5-10(18)13-3/h8H,4-7H2,1-3H3,(H,13,18)(H2,14,15,16,17). The highest BCUT2D eigenvalue weighted by Gasteiger charge is 2.04. The number of carbonyl (C=O) groups is 1. The predicted molar refractivity (Wildman–Crippen MR) is 72.7 cm³/mol. The van der Waals surface area contributed by atoms with Crippen molar-refractivity contribution in [3.63, 3.8) is 0 Å². The van der Waals surface area contributed by atoms with E-state index in [2.05, 4.69) is 32.8 Å². The van der Waals surface area contributed by atoms with Gasteiger partial charge >= 0.3 is 0 Å². The van der Waals surface area contributed by atoms with Crippen LogP contribution in [0.3, 0.4) is 0 Å². The van der Waals surface area contributed by atoms with E-state index < -0.39 is 0 Å². The van der Waals surface area contributed by atoms with Crippen molar-refractivity contribution in [3.05, 3.63) is 11.8 Å². The number of anilines is 2. The van der Waals surface area contributed by atoms with Crippen molar-refractivity contribution in [2.75, 3.05) is 30.8 Å². The van der Waals surface area contributed by atoms with Crippen LogP contribution in [-0.2, 0) is 4.79 Å². The van der Waals surface area contributed by atoms with Gasteiger partial charge in [-0.15, -0.1) is 0 Å². The normalized spacial score (nSPS) is 9.94. The first kappa shape index (κ1) is 14.2. The Hall–Kier alpha value is -1.85. The van der Waals surface area contributed by atoms with E-state index in [4.69, 9.17) is 0 Å². The molecule has 0 fully saturated rings. The first-order chi connectivity index (χ1) is 8.67. The molecule has 3 N–H and O–H groups in total. The minimum absolute atomic E-state index is 0.0125. The molecule has 0 unspecified atom stereocenters. The van der Waals surface area contributed by atoms with Gasteiger partial charge in [0, 0.05) is 38.3 Å². The third-order valence-corrected chi connectivity index (χ3v) is 2.43. The molecule has 0 aliphatic rings. The number of nitrogens with one attached hydrogen (secondary N) is 3. The summed E-state index contributed by atoms with van der Waals surface area (Å²) in [6, 6.07) is 0. The molecule has 0 atom stereocenters. The smallest absolute Gasteiger partial charge is 0.224 e. The van der Waals surface area contributed by atoms with Gasteiger partial charge in [0.2, 0.25) is 11.9 Å². The molecule has 1 aromatic heterocycles. The van der Waals surface area contributed by atoms with Gasteiger partial charge in [0.05, 0.1) is 0 Å². The number of hydrogen-bond acceptors (Lipinski definition) is 5. The molecule has 0 spiro atoms. The molecule has 0 bridgehead atoms. The number of hydrogen-bond donors (Lipinski definition) is 3. The van der Waals surface area contributed by atoms with Crippen LogP contribution in [0.4, 0.5) is 11.8 Å². The van der Waals surface area contributed by atoms with Crippen molar-refractivity contribution in [2.45, 2.75) is 26.7 Å². The van der Waals surface area contributed by atoms with Gasteiger partial charge < -0.3 is 16.0 Å². The van der Waals surface area contributed by atoms with E-state index in [1.54, 1.807) is 13.2 Å². The molecule has 0 aliphatic carbocycles. The highest BCUT2D eigenvalue weighted by atomic mass is 16.1. The number of carbonyl (C=O) groups excluding carboxylic acids is 1. The topological polar surface area (TPSA) is 78.9 Å². The Balaban J connectivity index is 2.55. The summed E-state index contributed by atoms with van der Waals surface area (Å²) in [5.74, 6) is 1.40. The van der Waals surface area contributed by atoms with E-state index in [0.717, 1.165) is 24.3 Å². The number of amides is 1. The second kappa shape index (κ2) is 7.47. The summed E-state index contributed by atoms with van der Waals surface area (Å²) in [6.45, 7) is 5.43. The minimum Gasteiger partial charge on any atom is -0.369 e. The Morgan fingerprint density at radius 2 is 2.11 bits per heavy atom. The molecule has 1 heterocycles. The third kappa shape index (κ3) is 4.57. The average Bonchev–Trinajstić information content (AvgIpc) is 2.39. The summed E-state index contributed by atoms with van der Waals surface area (Å²) < 4.78 is 0. The van der Waals surface area contributed by atoms with Gasteiger partial charge in [-0.2, -0.15) is 4.98 Å². The van der Waals surface area contributed by atoms with Crippen molar-refractivity contribution in [3.8, 4) is 0 Å². The van der Waals surface area contributed by atoms with Crippen molar-refractivity contribution in [2.24, 2.45) is 0 Å². The van der Waals surface area contributed by atoms with Crippen molar-refractivity contribution in [1.29, 1.82) is 0 Å². The van der Waals surface area contributed by atoms with Crippen LogP contribution < -0.4 is 16.0 Å². The first-order valence-electron chi connectivity index (χ1n) is 6.19. The minimum atomic E-state index is 0.0125. The molecule has 6 nitrogen and oxygen atoms in total. The molecule has 1 aromatic rings. The van der Waals surface area contributed by atoms with Crippen LogP contribution in [0.25, 0.3) is 0 Å². The molecular formula is C12H21N5O. The van der Waals surface area contributed by atoms with Gasteiger partial charge in [-0.25, -0.2) is 4.98 Å². The second-order valence-corrected chi connectivity index (χ2v) is 4.00. The highest BCUT2D eigenvalue weighted by Crippen LogP contribution is 2.12. The molecule has 0 saturated heterocycles.